The number of fused-ring (bicyclic) bond motifs is 1. The molecular weight excluding hydrogens is 397 g/mol. The Hall–Kier alpha value is -2.02. The molecular formula is C17H16Cl3N5O. The van der Waals surface area contributed by atoms with Crippen molar-refractivity contribution in [1.82, 2.24) is 20.2 Å². The number of nitrogens with zero attached hydrogens (tertiary/aromatic N) is 3. The molecule has 0 saturated carbocycles. The van der Waals surface area contributed by atoms with Crippen LogP contribution in [-0.4, -0.2) is 20.7 Å². The van der Waals surface area contributed by atoms with Crippen molar-refractivity contribution < 1.29 is 4.79 Å². The molecule has 0 unspecified atom stereocenters. The predicted molar refractivity (Wildman–Crippen MR) is 105 cm³/mol. The van der Waals surface area contributed by atoms with Gasteiger partial charge in [-0.15, -0.1) is 0 Å². The number of benzene rings is 1. The van der Waals surface area contributed by atoms with Gasteiger partial charge in [-0.25, -0.2) is 9.67 Å². The number of aryl methyl sites for hydroxylation is 1. The lowest BCUT2D eigenvalue weighted by molar-refractivity contribution is 0.0964. The summed E-state index contributed by atoms with van der Waals surface area (Å²) in [4.78, 5) is 17.2. The summed E-state index contributed by atoms with van der Waals surface area (Å²) < 4.78 is 1.78. The van der Waals surface area contributed by atoms with Gasteiger partial charge in [0.05, 0.1) is 32.9 Å². The molecule has 3 aromatic rings. The monoisotopic (exact) mass is 411 g/mol. The van der Waals surface area contributed by atoms with Crippen molar-refractivity contribution in [3.05, 3.63) is 50.7 Å². The summed E-state index contributed by atoms with van der Waals surface area (Å²) in [5, 5.41) is 6.00. The minimum atomic E-state index is -0.356. The van der Waals surface area contributed by atoms with Crippen molar-refractivity contribution in [2.75, 3.05) is 5.43 Å². The highest BCUT2D eigenvalue weighted by atomic mass is 35.5. The number of hydrazine groups is 1. The number of hydrogen-bond donors (Lipinski definition) is 2. The van der Waals surface area contributed by atoms with Crippen molar-refractivity contribution in [3.63, 3.8) is 0 Å². The van der Waals surface area contributed by atoms with Gasteiger partial charge < -0.3 is 0 Å². The van der Waals surface area contributed by atoms with E-state index in [4.69, 9.17) is 34.8 Å². The Morgan fingerprint density at radius 1 is 1.15 bits per heavy atom. The standard InChI is InChI=1S/C17H16Cl3N5O/c1-8(2)25-16-12(7-21-25)11(4-9(3)22-16)17(26)24-23-15-13(19)5-10(18)6-14(15)20/h4-8,23H,1-3H3,(H,24,26). The second-order valence-electron chi connectivity index (χ2n) is 6.05. The second kappa shape index (κ2) is 7.31. The van der Waals surface area contributed by atoms with Gasteiger partial charge in [0.25, 0.3) is 5.91 Å². The molecule has 3 rings (SSSR count). The number of hydrogen-bond acceptors (Lipinski definition) is 4. The normalized spacial score (nSPS) is 11.2. The first-order valence-electron chi connectivity index (χ1n) is 7.83. The molecule has 1 aromatic carbocycles. The van der Waals surface area contributed by atoms with Crippen molar-refractivity contribution in [3.8, 4) is 0 Å². The number of rotatable bonds is 4. The number of nitrogens with one attached hydrogen (secondary N) is 2. The molecule has 0 aliphatic heterocycles. The van der Waals surface area contributed by atoms with E-state index in [0.29, 0.717) is 43.0 Å². The lowest BCUT2D eigenvalue weighted by atomic mass is 10.1. The van der Waals surface area contributed by atoms with Gasteiger partial charge in [-0.05, 0) is 39.0 Å². The topological polar surface area (TPSA) is 71.8 Å². The van der Waals surface area contributed by atoms with E-state index in [9.17, 15) is 4.79 Å². The first-order valence-corrected chi connectivity index (χ1v) is 8.97. The van der Waals surface area contributed by atoms with Gasteiger partial charge >= 0.3 is 0 Å². The molecule has 2 heterocycles. The largest absolute Gasteiger partial charge is 0.295 e. The molecule has 0 saturated heterocycles. The minimum absolute atomic E-state index is 0.127. The molecule has 26 heavy (non-hydrogen) atoms. The molecule has 1 amide bonds. The Kier molecular flexibility index (Phi) is 5.27. The van der Waals surface area contributed by atoms with Crippen LogP contribution in [0.3, 0.4) is 0 Å². The number of carbonyl (C=O) groups excluding carboxylic acids is 1. The average Bonchev–Trinajstić information content (AvgIpc) is 2.96. The van der Waals surface area contributed by atoms with Crippen LogP contribution in [0.1, 0.15) is 35.9 Å². The van der Waals surface area contributed by atoms with E-state index in [2.05, 4.69) is 20.9 Å². The van der Waals surface area contributed by atoms with Crippen LogP contribution < -0.4 is 10.9 Å². The zero-order valence-corrected chi connectivity index (χ0v) is 16.5. The molecule has 0 spiro atoms. The highest BCUT2D eigenvalue weighted by Gasteiger charge is 2.17. The van der Waals surface area contributed by atoms with Gasteiger partial charge in [0.1, 0.15) is 0 Å². The fourth-order valence-corrected chi connectivity index (χ4v) is 3.47. The second-order valence-corrected chi connectivity index (χ2v) is 7.31. The van der Waals surface area contributed by atoms with Crippen LogP contribution in [0.4, 0.5) is 5.69 Å². The van der Waals surface area contributed by atoms with E-state index in [1.807, 2.05) is 20.8 Å². The number of carbonyl (C=O) groups is 1. The maximum atomic E-state index is 12.7. The molecule has 0 bridgehead atoms. The van der Waals surface area contributed by atoms with Crippen molar-refractivity contribution in [2.24, 2.45) is 0 Å². The fraction of sp³-hybridized carbons (Fsp3) is 0.235. The van der Waals surface area contributed by atoms with Crippen LogP contribution in [0.5, 0.6) is 0 Å². The van der Waals surface area contributed by atoms with Gasteiger partial charge in [0.2, 0.25) is 0 Å². The van der Waals surface area contributed by atoms with Crippen LogP contribution in [0.2, 0.25) is 15.1 Å². The Balaban J connectivity index is 1.91. The van der Waals surface area contributed by atoms with Crippen LogP contribution in [0.25, 0.3) is 11.0 Å². The van der Waals surface area contributed by atoms with Gasteiger partial charge in [-0.2, -0.15) is 5.10 Å². The summed E-state index contributed by atoms with van der Waals surface area (Å²) in [6, 6.07) is 4.90. The zero-order chi connectivity index (χ0) is 19.0. The third-order valence-electron chi connectivity index (χ3n) is 3.74. The van der Waals surface area contributed by atoms with E-state index >= 15 is 0 Å². The Morgan fingerprint density at radius 2 is 1.81 bits per heavy atom. The van der Waals surface area contributed by atoms with E-state index in [0.717, 1.165) is 0 Å². The van der Waals surface area contributed by atoms with Gasteiger partial charge in [-0.1, -0.05) is 34.8 Å². The summed E-state index contributed by atoms with van der Waals surface area (Å²) >= 11 is 18.1. The van der Waals surface area contributed by atoms with E-state index in [1.54, 1.807) is 16.9 Å². The first kappa shape index (κ1) is 18.8. The average molecular weight is 413 g/mol. The van der Waals surface area contributed by atoms with Gasteiger partial charge in [0, 0.05) is 16.8 Å². The highest BCUT2D eigenvalue weighted by molar-refractivity contribution is 6.41. The van der Waals surface area contributed by atoms with Gasteiger partial charge in [0.15, 0.2) is 5.65 Å². The summed E-state index contributed by atoms with van der Waals surface area (Å²) in [7, 11) is 0. The number of aromatic nitrogens is 3. The third-order valence-corrected chi connectivity index (χ3v) is 4.55. The molecule has 2 aromatic heterocycles. The minimum Gasteiger partial charge on any atom is -0.295 e. The quantitative estimate of drug-likeness (QED) is 0.589. The zero-order valence-electron chi connectivity index (χ0n) is 14.3. The molecule has 9 heteroatoms. The van der Waals surface area contributed by atoms with Crippen LogP contribution in [0, 0.1) is 6.92 Å². The molecule has 0 aliphatic carbocycles. The summed E-state index contributed by atoms with van der Waals surface area (Å²) in [6.45, 7) is 5.83. The lowest BCUT2D eigenvalue weighted by Crippen LogP contribution is -2.30. The van der Waals surface area contributed by atoms with Crippen LogP contribution in [0.15, 0.2) is 24.4 Å². The highest BCUT2D eigenvalue weighted by Crippen LogP contribution is 2.33. The van der Waals surface area contributed by atoms with Crippen LogP contribution >= 0.6 is 34.8 Å². The number of halogens is 3. The molecule has 6 nitrogen and oxygen atoms in total. The Bertz CT molecular complexity index is 976. The van der Waals surface area contributed by atoms with E-state index in [-0.39, 0.29) is 11.9 Å². The Morgan fingerprint density at radius 3 is 2.42 bits per heavy atom. The fourth-order valence-electron chi connectivity index (χ4n) is 2.56. The molecule has 0 atom stereocenters. The number of anilines is 1. The lowest BCUT2D eigenvalue weighted by Gasteiger charge is -2.13. The maximum Gasteiger partial charge on any atom is 0.270 e. The van der Waals surface area contributed by atoms with Gasteiger partial charge in [-0.3, -0.25) is 15.6 Å². The SMILES string of the molecule is Cc1cc(C(=O)NNc2c(Cl)cc(Cl)cc2Cl)c2cnn(C(C)C)c2n1. The third kappa shape index (κ3) is 3.58. The first-order chi connectivity index (χ1) is 12.3. The van der Waals surface area contributed by atoms with E-state index < -0.39 is 0 Å². The number of pyridine rings is 1. The number of amides is 1. The predicted octanol–water partition coefficient (Wildman–Crippen LogP) is 5.04. The maximum absolute atomic E-state index is 12.7. The summed E-state index contributed by atoms with van der Waals surface area (Å²) in [5.74, 6) is -0.356. The summed E-state index contributed by atoms with van der Waals surface area (Å²) in [6.07, 6.45) is 1.64. The Labute approximate surface area is 165 Å². The van der Waals surface area contributed by atoms with E-state index in [1.165, 1.54) is 12.1 Å². The molecule has 2 N–H and O–H groups in total. The van der Waals surface area contributed by atoms with Crippen LogP contribution in [-0.2, 0) is 0 Å². The van der Waals surface area contributed by atoms with Crippen molar-refractivity contribution in [1.29, 1.82) is 0 Å². The smallest absolute Gasteiger partial charge is 0.270 e. The molecule has 136 valence electrons. The molecule has 0 aliphatic rings. The molecule has 0 radical (unpaired) electrons. The molecule has 0 fully saturated rings. The van der Waals surface area contributed by atoms with Crippen molar-refractivity contribution >= 4 is 57.4 Å². The summed E-state index contributed by atoms with van der Waals surface area (Å²) in [5.41, 5.74) is 7.55. The van der Waals surface area contributed by atoms with Crippen molar-refractivity contribution in [2.45, 2.75) is 26.8 Å².